The molecule has 1 aromatic rings. The van der Waals surface area contributed by atoms with Gasteiger partial charge in [-0.1, -0.05) is 0 Å². The minimum Gasteiger partial charge on any atom is -0.350 e. The van der Waals surface area contributed by atoms with E-state index in [-0.39, 0.29) is 11.4 Å². The fraction of sp³-hybridized carbons (Fsp3) is 0.545. The number of nitrogens with zero attached hydrogens (tertiary/aromatic N) is 1. The van der Waals surface area contributed by atoms with Gasteiger partial charge in [0.15, 0.2) is 0 Å². The van der Waals surface area contributed by atoms with Crippen molar-refractivity contribution in [1.82, 2.24) is 10.2 Å². The number of hydrogen-bond donors (Lipinski definition) is 1. The van der Waals surface area contributed by atoms with Gasteiger partial charge < -0.3 is 10.2 Å². The summed E-state index contributed by atoms with van der Waals surface area (Å²) in [5.74, 6) is 0.00842. The van der Waals surface area contributed by atoms with E-state index < -0.39 is 0 Å². The smallest absolute Gasteiger partial charge is 0.252 e. The van der Waals surface area contributed by atoms with E-state index in [1.807, 2.05) is 25.5 Å². The molecule has 0 aromatic carbocycles. The highest BCUT2D eigenvalue weighted by atomic mass is 127. The summed E-state index contributed by atoms with van der Waals surface area (Å²) in [6, 6.07) is 1.91. The van der Waals surface area contributed by atoms with E-state index in [2.05, 4.69) is 46.7 Å². The first-order valence-electron chi connectivity index (χ1n) is 5.02. The molecule has 0 aliphatic heterocycles. The lowest BCUT2D eigenvalue weighted by Crippen LogP contribution is -2.48. The number of carbonyl (C=O) groups is 1. The van der Waals surface area contributed by atoms with Crippen LogP contribution in [-0.4, -0.2) is 37.0 Å². The second-order valence-corrected chi connectivity index (χ2v) is 7.33. The minimum absolute atomic E-state index is 0.00842. The van der Waals surface area contributed by atoms with Gasteiger partial charge in [-0.05, 0) is 56.6 Å². The maximum atomic E-state index is 11.8. The predicted octanol–water partition coefficient (Wildman–Crippen LogP) is 2.42. The molecule has 1 heterocycles. The van der Waals surface area contributed by atoms with Gasteiger partial charge in [0.1, 0.15) is 0 Å². The summed E-state index contributed by atoms with van der Waals surface area (Å²) in [6.45, 7) is 4.85. The lowest BCUT2D eigenvalue weighted by molar-refractivity contribution is 0.0920. The molecule has 0 aliphatic rings. The number of carbonyl (C=O) groups excluding carboxylic acids is 1. The number of nitrogens with one attached hydrogen (secondary N) is 1. The van der Waals surface area contributed by atoms with Crippen molar-refractivity contribution >= 4 is 39.8 Å². The Morgan fingerprint density at radius 1 is 1.56 bits per heavy atom. The van der Waals surface area contributed by atoms with Crippen molar-refractivity contribution in [3.63, 3.8) is 0 Å². The number of amides is 1. The first-order chi connectivity index (χ1) is 7.33. The molecular weight excluding hydrogens is 335 g/mol. The van der Waals surface area contributed by atoms with Crippen molar-refractivity contribution in [3.05, 3.63) is 19.9 Å². The molecule has 90 valence electrons. The van der Waals surface area contributed by atoms with Crippen molar-refractivity contribution in [1.29, 1.82) is 0 Å². The van der Waals surface area contributed by atoms with Crippen LogP contribution in [0.2, 0.25) is 0 Å². The number of rotatable bonds is 4. The molecule has 0 saturated heterocycles. The van der Waals surface area contributed by atoms with Gasteiger partial charge in [0.25, 0.3) is 5.91 Å². The topological polar surface area (TPSA) is 32.3 Å². The monoisotopic (exact) mass is 352 g/mol. The normalized spacial score (nSPS) is 11.9. The molecule has 3 nitrogen and oxygen atoms in total. The molecule has 5 heteroatoms. The minimum atomic E-state index is -0.0289. The molecule has 1 rings (SSSR count). The van der Waals surface area contributed by atoms with Crippen LogP contribution in [0, 0.1) is 2.88 Å². The Balaban J connectivity index is 2.54. The van der Waals surface area contributed by atoms with Crippen LogP contribution in [0.3, 0.4) is 0 Å². The molecule has 0 unspecified atom stereocenters. The lowest BCUT2D eigenvalue weighted by Gasteiger charge is -2.32. The molecule has 1 amide bonds. The second kappa shape index (κ2) is 5.46. The third kappa shape index (κ3) is 3.71. The highest BCUT2D eigenvalue weighted by Crippen LogP contribution is 2.16. The molecule has 16 heavy (non-hydrogen) atoms. The Kier molecular flexibility index (Phi) is 4.75. The molecule has 0 saturated carbocycles. The van der Waals surface area contributed by atoms with Crippen molar-refractivity contribution < 1.29 is 4.79 Å². The third-order valence-electron chi connectivity index (χ3n) is 2.72. The van der Waals surface area contributed by atoms with Crippen molar-refractivity contribution in [2.45, 2.75) is 19.4 Å². The summed E-state index contributed by atoms with van der Waals surface area (Å²) < 4.78 is 1.13. The van der Waals surface area contributed by atoms with E-state index >= 15 is 0 Å². The van der Waals surface area contributed by atoms with Gasteiger partial charge in [-0.25, -0.2) is 0 Å². The number of likely N-dealkylation sites (N-methyl/N-ethyl adjacent to an activating group) is 1. The molecule has 0 radical (unpaired) electrons. The van der Waals surface area contributed by atoms with Gasteiger partial charge in [0.2, 0.25) is 0 Å². The highest BCUT2D eigenvalue weighted by molar-refractivity contribution is 14.1. The van der Waals surface area contributed by atoms with Gasteiger partial charge >= 0.3 is 0 Å². The molecular formula is C11H17IN2OS. The summed E-state index contributed by atoms with van der Waals surface area (Å²) in [6.07, 6.45) is 0. The zero-order chi connectivity index (χ0) is 12.3. The van der Waals surface area contributed by atoms with Crippen LogP contribution in [0.1, 0.15) is 24.2 Å². The van der Waals surface area contributed by atoms with Crippen molar-refractivity contribution in [2.75, 3.05) is 20.6 Å². The number of halogens is 1. The second-order valence-electron chi connectivity index (χ2n) is 4.53. The average molecular weight is 352 g/mol. The Morgan fingerprint density at radius 2 is 2.19 bits per heavy atom. The van der Waals surface area contributed by atoms with E-state index in [9.17, 15) is 4.79 Å². The third-order valence-corrected chi connectivity index (χ3v) is 4.51. The van der Waals surface area contributed by atoms with Gasteiger partial charge in [0.05, 0.1) is 8.45 Å². The van der Waals surface area contributed by atoms with Crippen molar-refractivity contribution in [3.8, 4) is 0 Å². The van der Waals surface area contributed by atoms with Crippen LogP contribution in [-0.2, 0) is 0 Å². The molecule has 0 atom stereocenters. The fourth-order valence-corrected chi connectivity index (χ4v) is 2.31. The van der Waals surface area contributed by atoms with Crippen LogP contribution in [0.5, 0.6) is 0 Å². The number of thiophene rings is 1. The first kappa shape index (κ1) is 13.9. The van der Waals surface area contributed by atoms with E-state index in [1.54, 1.807) is 11.3 Å². The van der Waals surface area contributed by atoms with Crippen LogP contribution in [0.4, 0.5) is 0 Å². The Hall–Kier alpha value is -0.140. The summed E-state index contributed by atoms with van der Waals surface area (Å²) in [5, 5.41) is 4.85. The molecule has 0 aliphatic carbocycles. The quantitative estimate of drug-likeness (QED) is 0.845. The fourth-order valence-electron chi connectivity index (χ4n) is 0.986. The van der Waals surface area contributed by atoms with E-state index in [0.717, 1.165) is 8.45 Å². The van der Waals surface area contributed by atoms with E-state index in [4.69, 9.17) is 0 Å². The first-order valence-corrected chi connectivity index (χ1v) is 6.98. The van der Waals surface area contributed by atoms with Crippen LogP contribution in [0.25, 0.3) is 0 Å². The average Bonchev–Trinajstić information content (AvgIpc) is 2.61. The van der Waals surface area contributed by atoms with E-state index in [1.165, 1.54) is 0 Å². The molecule has 1 aromatic heterocycles. The SMILES string of the molecule is CN(C)C(C)(C)CNC(=O)c1csc(I)c1. The lowest BCUT2D eigenvalue weighted by atomic mass is 10.0. The van der Waals surface area contributed by atoms with Gasteiger partial charge in [-0.3, -0.25) is 4.79 Å². The van der Waals surface area contributed by atoms with Gasteiger partial charge in [-0.15, -0.1) is 11.3 Å². The zero-order valence-electron chi connectivity index (χ0n) is 10.0. The molecule has 0 spiro atoms. The standard InChI is InChI=1S/C11H17IN2OS/c1-11(2,14(3)4)7-13-10(15)8-5-9(12)16-6-8/h5-6H,7H2,1-4H3,(H,13,15). The van der Waals surface area contributed by atoms with Gasteiger partial charge in [0, 0.05) is 17.5 Å². The Labute approximate surface area is 114 Å². The molecule has 0 bridgehead atoms. The Bertz CT molecular complexity index is 374. The summed E-state index contributed by atoms with van der Waals surface area (Å²) in [5.41, 5.74) is 0.725. The highest BCUT2D eigenvalue weighted by Gasteiger charge is 2.21. The summed E-state index contributed by atoms with van der Waals surface area (Å²) >= 11 is 3.81. The Morgan fingerprint density at radius 3 is 2.62 bits per heavy atom. The molecule has 0 fully saturated rings. The van der Waals surface area contributed by atoms with Gasteiger partial charge in [-0.2, -0.15) is 0 Å². The van der Waals surface area contributed by atoms with Crippen LogP contribution < -0.4 is 5.32 Å². The number of hydrogen-bond acceptors (Lipinski definition) is 3. The van der Waals surface area contributed by atoms with Crippen LogP contribution in [0.15, 0.2) is 11.4 Å². The van der Waals surface area contributed by atoms with Crippen molar-refractivity contribution in [2.24, 2.45) is 0 Å². The molecule has 1 N–H and O–H groups in total. The van der Waals surface area contributed by atoms with E-state index in [0.29, 0.717) is 6.54 Å². The summed E-state index contributed by atoms with van der Waals surface area (Å²) in [7, 11) is 4.03. The zero-order valence-corrected chi connectivity index (χ0v) is 13.0. The van der Waals surface area contributed by atoms with Crippen LogP contribution >= 0.6 is 33.9 Å². The maximum Gasteiger partial charge on any atom is 0.252 e. The maximum absolute atomic E-state index is 11.8. The largest absolute Gasteiger partial charge is 0.350 e. The summed E-state index contributed by atoms with van der Waals surface area (Å²) in [4.78, 5) is 13.9. The predicted molar refractivity (Wildman–Crippen MR) is 77.1 cm³/mol.